The summed E-state index contributed by atoms with van der Waals surface area (Å²) in [5.41, 5.74) is 0.274. The van der Waals surface area contributed by atoms with Crippen LogP contribution in [0.2, 0.25) is 0 Å². The molecule has 3 N–H and O–H groups in total. The fourth-order valence-electron chi connectivity index (χ4n) is 3.97. The number of ether oxygens (including phenoxy) is 1. The minimum Gasteiger partial charge on any atom is -0.514 e. The number of hydrogen-bond donors (Lipinski definition) is 3. The Morgan fingerprint density at radius 1 is 1.17 bits per heavy atom. The molecule has 35 heavy (non-hydrogen) atoms. The molecule has 1 radical (unpaired) electrons. The number of benzene rings is 1. The molecular weight excluding hydrogens is 671 g/mol. The van der Waals surface area contributed by atoms with Crippen molar-refractivity contribution in [1.82, 2.24) is 20.7 Å². The van der Waals surface area contributed by atoms with Crippen molar-refractivity contribution in [2.45, 2.75) is 51.1 Å². The average molecular weight is 699 g/mol. The van der Waals surface area contributed by atoms with Crippen LogP contribution < -0.4 is 10.6 Å². The van der Waals surface area contributed by atoms with E-state index in [0.29, 0.717) is 18.2 Å². The van der Waals surface area contributed by atoms with Crippen molar-refractivity contribution in [3.8, 4) is 0 Å². The molecule has 2 aliphatic rings. The molecule has 2 fully saturated rings. The SMILES string of the molecule is CCOC(=O)C/C(=C\O)NC(=O)[C@@H]1CCCN2C(=O)CC[C@H](NC(=O)c3ccccc3)C(=O)N12.[Ac]. The number of esters is 1. The zero-order chi connectivity index (χ0) is 24.7. The molecule has 12 heteroatoms. The number of rotatable bonds is 7. The predicted octanol–water partition coefficient (Wildman–Crippen LogP) is 0.782. The molecule has 0 spiro atoms. The summed E-state index contributed by atoms with van der Waals surface area (Å²) in [7, 11) is 0. The molecule has 2 atom stereocenters. The fraction of sp³-hybridized carbons (Fsp3) is 0.435. The Morgan fingerprint density at radius 2 is 1.89 bits per heavy atom. The third-order valence-corrected chi connectivity index (χ3v) is 5.59. The minimum atomic E-state index is -1.06. The molecule has 2 aliphatic heterocycles. The quantitative estimate of drug-likeness (QED) is 0.282. The van der Waals surface area contributed by atoms with Crippen molar-refractivity contribution in [1.29, 1.82) is 0 Å². The number of aliphatic hydroxyl groups is 1. The van der Waals surface area contributed by atoms with Crippen LogP contribution in [0.25, 0.3) is 0 Å². The number of hydrogen-bond acceptors (Lipinski definition) is 7. The van der Waals surface area contributed by atoms with Gasteiger partial charge in [-0.05, 0) is 38.3 Å². The Morgan fingerprint density at radius 3 is 2.54 bits per heavy atom. The number of nitrogens with one attached hydrogen (secondary N) is 2. The number of nitrogens with zero attached hydrogens (tertiary/aromatic N) is 2. The second kappa shape index (κ2) is 13.6. The summed E-state index contributed by atoms with van der Waals surface area (Å²) in [6, 6.07) is 6.32. The number of hydrazine groups is 1. The summed E-state index contributed by atoms with van der Waals surface area (Å²) < 4.78 is 4.82. The van der Waals surface area contributed by atoms with E-state index in [-0.39, 0.29) is 94.5 Å². The smallest absolute Gasteiger partial charge is 0.311 e. The molecule has 4 amide bonds. The maximum atomic E-state index is 13.4. The number of amides is 4. The van der Waals surface area contributed by atoms with Gasteiger partial charge in [0.15, 0.2) is 0 Å². The van der Waals surface area contributed by atoms with Crippen LogP contribution in [-0.4, -0.2) is 70.0 Å². The first-order chi connectivity index (χ1) is 16.3. The van der Waals surface area contributed by atoms with E-state index >= 15 is 0 Å². The van der Waals surface area contributed by atoms with Crippen molar-refractivity contribution in [2.24, 2.45) is 0 Å². The summed E-state index contributed by atoms with van der Waals surface area (Å²) in [6.07, 6.45) is 1.09. The Balaban J connectivity index is 0.00000432. The van der Waals surface area contributed by atoms with Gasteiger partial charge in [0, 0.05) is 62.6 Å². The largest absolute Gasteiger partial charge is 0.514 e. The normalized spacial score (nSPS) is 20.2. The van der Waals surface area contributed by atoms with Gasteiger partial charge in [-0.15, -0.1) is 0 Å². The zero-order valence-electron chi connectivity index (χ0n) is 19.4. The van der Waals surface area contributed by atoms with Crippen LogP contribution in [0.3, 0.4) is 0 Å². The van der Waals surface area contributed by atoms with Crippen LogP contribution in [0.15, 0.2) is 42.3 Å². The Kier molecular flexibility index (Phi) is 11.2. The number of aliphatic hydroxyl groups excluding tert-OH is 1. The van der Waals surface area contributed by atoms with Crippen LogP contribution in [0.1, 0.15) is 49.4 Å². The van der Waals surface area contributed by atoms with E-state index in [0.717, 1.165) is 5.01 Å². The van der Waals surface area contributed by atoms with E-state index in [1.165, 1.54) is 5.01 Å². The minimum absolute atomic E-state index is 0. The van der Waals surface area contributed by atoms with Gasteiger partial charge in [-0.3, -0.25) is 29.0 Å². The first kappa shape index (κ1) is 28.8. The third kappa shape index (κ3) is 7.27. The van der Waals surface area contributed by atoms with Gasteiger partial charge in [0.25, 0.3) is 11.8 Å². The second-order valence-electron chi connectivity index (χ2n) is 7.91. The van der Waals surface area contributed by atoms with Crippen LogP contribution in [0, 0.1) is 44.1 Å². The first-order valence-electron chi connectivity index (χ1n) is 11.1. The number of carbonyl (C=O) groups excluding carboxylic acids is 5. The van der Waals surface area contributed by atoms with E-state index in [4.69, 9.17) is 4.74 Å². The van der Waals surface area contributed by atoms with E-state index in [9.17, 15) is 29.1 Å². The molecule has 2 saturated heterocycles. The van der Waals surface area contributed by atoms with Crippen molar-refractivity contribution >= 4 is 29.6 Å². The van der Waals surface area contributed by atoms with Crippen LogP contribution in [-0.2, 0) is 23.9 Å². The molecule has 0 bridgehead atoms. The molecule has 1 aromatic rings. The van der Waals surface area contributed by atoms with E-state index in [1.54, 1.807) is 37.3 Å². The molecule has 0 aromatic heterocycles. The Bertz CT molecular complexity index is 985. The maximum absolute atomic E-state index is 13.4. The van der Waals surface area contributed by atoms with Gasteiger partial charge < -0.3 is 20.5 Å². The van der Waals surface area contributed by atoms with Gasteiger partial charge >= 0.3 is 5.97 Å². The first-order valence-corrected chi connectivity index (χ1v) is 11.1. The topological polar surface area (TPSA) is 145 Å². The van der Waals surface area contributed by atoms with E-state index in [2.05, 4.69) is 10.6 Å². The van der Waals surface area contributed by atoms with Gasteiger partial charge in [0.05, 0.1) is 25.0 Å². The molecule has 0 unspecified atom stereocenters. The monoisotopic (exact) mass is 699 g/mol. The van der Waals surface area contributed by atoms with Gasteiger partial charge in [0.1, 0.15) is 12.1 Å². The molecule has 11 nitrogen and oxygen atoms in total. The van der Waals surface area contributed by atoms with Crippen LogP contribution in [0.5, 0.6) is 0 Å². The van der Waals surface area contributed by atoms with Crippen LogP contribution in [0.4, 0.5) is 0 Å². The van der Waals surface area contributed by atoms with Crippen molar-refractivity contribution < 1.29 is 77.9 Å². The second-order valence-corrected chi connectivity index (χ2v) is 7.91. The Labute approximate surface area is 238 Å². The molecule has 0 saturated carbocycles. The van der Waals surface area contributed by atoms with Gasteiger partial charge in [0.2, 0.25) is 11.8 Å². The molecule has 3 rings (SSSR count). The van der Waals surface area contributed by atoms with Crippen molar-refractivity contribution in [2.75, 3.05) is 13.2 Å². The Hall–Kier alpha value is -2.45. The third-order valence-electron chi connectivity index (χ3n) is 5.59. The molecular formula is C23H28AcN4O7. The van der Waals surface area contributed by atoms with E-state index < -0.39 is 35.8 Å². The van der Waals surface area contributed by atoms with Gasteiger partial charge in [-0.25, -0.2) is 5.01 Å². The predicted molar refractivity (Wildman–Crippen MR) is 119 cm³/mol. The number of carbonyl (C=O) groups is 5. The summed E-state index contributed by atoms with van der Waals surface area (Å²) in [5, 5.41) is 16.9. The maximum Gasteiger partial charge on any atom is 0.311 e. The van der Waals surface area contributed by atoms with Crippen molar-refractivity contribution in [3.63, 3.8) is 0 Å². The fourth-order valence-corrected chi connectivity index (χ4v) is 3.97. The number of fused-ring (bicyclic) bond motifs is 1. The standard InChI is InChI=1S/C23H28N4O7.Ac/c1-2-34-20(30)13-16(14-28)24-22(32)18-9-6-12-26-19(29)11-10-17(23(33)27(18)26)25-21(31)15-7-4-3-5-8-15;/h3-5,7-8,14,17-18,28H,2,6,9-13H2,1H3,(H,24,32)(H,25,31);/b16-14+;/t17-,18-;/m0./s1. The summed E-state index contributed by atoms with van der Waals surface area (Å²) in [4.78, 5) is 63.5. The molecule has 0 aliphatic carbocycles. The average Bonchev–Trinajstić information content (AvgIpc) is 2.96. The molecule has 185 valence electrons. The van der Waals surface area contributed by atoms with Gasteiger partial charge in [-0.1, -0.05) is 18.2 Å². The molecule has 2 heterocycles. The van der Waals surface area contributed by atoms with Gasteiger partial charge in [-0.2, -0.15) is 0 Å². The van der Waals surface area contributed by atoms with Crippen molar-refractivity contribution in [3.05, 3.63) is 47.9 Å². The van der Waals surface area contributed by atoms with E-state index in [1.807, 2.05) is 0 Å². The van der Waals surface area contributed by atoms with Crippen LogP contribution >= 0.6 is 0 Å². The zero-order valence-corrected chi connectivity index (χ0v) is 24.2. The summed E-state index contributed by atoms with van der Waals surface area (Å²) in [5.74, 6) is -2.66. The summed E-state index contributed by atoms with van der Waals surface area (Å²) >= 11 is 0. The summed E-state index contributed by atoms with van der Waals surface area (Å²) in [6.45, 7) is 2.03. The molecule has 1 aromatic carbocycles.